The molecule has 86 valence electrons. The molecule has 0 saturated carbocycles. The highest BCUT2D eigenvalue weighted by Crippen LogP contribution is 2.28. The van der Waals surface area contributed by atoms with Gasteiger partial charge in [-0.05, 0) is 28.9 Å². The molecule has 0 spiro atoms. The van der Waals surface area contributed by atoms with E-state index >= 15 is 0 Å². The fourth-order valence-corrected chi connectivity index (χ4v) is 1.53. The summed E-state index contributed by atoms with van der Waals surface area (Å²) in [5.74, 6) is -1.83. The summed E-state index contributed by atoms with van der Waals surface area (Å²) < 4.78 is 18.0. The third kappa shape index (κ3) is 2.54. The van der Waals surface area contributed by atoms with Crippen LogP contribution in [0.5, 0.6) is 0 Å². The van der Waals surface area contributed by atoms with Crippen LogP contribution in [-0.2, 0) is 4.74 Å². The van der Waals surface area contributed by atoms with Crippen LogP contribution in [0.15, 0.2) is 16.6 Å². The van der Waals surface area contributed by atoms with Crippen LogP contribution in [0.1, 0.15) is 17.3 Å². The molecule has 16 heavy (non-hydrogen) atoms. The number of benzene rings is 1. The van der Waals surface area contributed by atoms with Crippen LogP contribution in [0.2, 0.25) is 0 Å². The lowest BCUT2D eigenvalue weighted by atomic mass is 10.2. The van der Waals surface area contributed by atoms with Crippen LogP contribution in [-0.4, -0.2) is 17.5 Å². The second-order valence-corrected chi connectivity index (χ2v) is 3.62. The summed E-state index contributed by atoms with van der Waals surface area (Å²) in [5.41, 5.74) is -0.773. The summed E-state index contributed by atoms with van der Waals surface area (Å²) in [7, 11) is 0. The first-order chi connectivity index (χ1) is 7.47. The third-order valence-corrected chi connectivity index (χ3v) is 2.36. The van der Waals surface area contributed by atoms with Gasteiger partial charge >= 0.3 is 5.97 Å². The van der Waals surface area contributed by atoms with E-state index in [9.17, 15) is 19.3 Å². The number of nitro benzene ring substituents is 1. The molecule has 0 aliphatic heterocycles. The van der Waals surface area contributed by atoms with Gasteiger partial charge in [0, 0.05) is 0 Å². The maximum atomic E-state index is 13.3. The Morgan fingerprint density at radius 3 is 2.75 bits per heavy atom. The molecule has 0 fully saturated rings. The van der Waals surface area contributed by atoms with Gasteiger partial charge in [-0.25, -0.2) is 9.18 Å². The minimum Gasteiger partial charge on any atom is -0.462 e. The van der Waals surface area contributed by atoms with Crippen LogP contribution in [0.25, 0.3) is 0 Å². The largest absolute Gasteiger partial charge is 0.462 e. The lowest BCUT2D eigenvalue weighted by molar-refractivity contribution is -0.385. The summed E-state index contributed by atoms with van der Waals surface area (Å²) in [4.78, 5) is 21.0. The first-order valence-electron chi connectivity index (χ1n) is 4.28. The van der Waals surface area contributed by atoms with Crippen molar-refractivity contribution >= 4 is 27.6 Å². The number of nitro groups is 1. The molecular weight excluding hydrogens is 285 g/mol. The Labute approximate surface area is 98.5 Å². The Morgan fingerprint density at radius 2 is 2.25 bits per heavy atom. The number of carbonyl (C=O) groups is 1. The number of rotatable bonds is 3. The van der Waals surface area contributed by atoms with Gasteiger partial charge in [-0.3, -0.25) is 10.1 Å². The summed E-state index contributed by atoms with van der Waals surface area (Å²) in [5, 5.41) is 10.5. The maximum absolute atomic E-state index is 13.3. The second-order valence-electron chi connectivity index (χ2n) is 2.76. The summed E-state index contributed by atoms with van der Waals surface area (Å²) in [6.45, 7) is 1.68. The fraction of sp³-hybridized carbons (Fsp3) is 0.222. The van der Waals surface area contributed by atoms with E-state index in [0.29, 0.717) is 6.07 Å². The summed E-state index contributed by atoms with van der Waals surface area (Å²) in [6.07, 6.45) is 0. The monoisotopic (exact) mass is 291 g/mol. The lowest BCUT2D eigenvalue weighted by Gasteiger charge is -2.04. The highest BCUT2D eigenvalue weighted by atomic mass is 79.9. The third-order valence-electron chi connectivity index (χ3n) is 1.73. The SMILES string of the molecule is CCOC(=O)c1cc(Br)c([N+](=O)[O-])cc1F. The molecule has 1 aromatic rings. The minimum absolute atomic E-state index is 0.0296. The van der Waals surface area contributed by atoms with Crippen molar-refractivity contribution in [2.45, 2.75) is 6.92 Å². The fourth-order valence-electron chi connectivity index (χ4n) is 1.04. The van der Waals surface area contributed by atoms with E-state index < -0.39 is 22.4 Å². The van der Waals surface area contributed by atoms with Gasteiger partial charge in [-0.1, -0.05) is 0 Å². The van der Waals surface area contributed by atoms with Gasteiger partial charge < -0.3 is 4.74 Å². The molecule has 0 amide bonds. The topological polar surface area (TPSA) is 69.4 Å². The number of halogens is 2. The van der Waals surface area contributed by atoms with Gasteiger partial charge in [0.2, 0.25) is 0 Å². The molecule has 0 bridgehead atoms. The Balaban J connectivity index is 3.20. The molecule has 0 N–H and O–H groups in total. The number of hydrogen-bond donors (Lipinski definition) is 0. The molecule has 7 heteroatoms. The molecule has 0 atom stereocenters. The Hall–Kier alpha value is -1.50. The number of carbonyl (C=O) groups excluding carboxylic acids is 1. The summed E-state index contributed by atoms with van der Waals surface area (Å²) >= 11 is 2.89. The van der Waals surface area contributed by atoms with Gasteiger partial charge in [0.25, 0.3) is 5.69 Å². The minimum atomic E-state index is -0.978. The maximum Gasteiger partial charge on any atom is 0.341 e. The number of hydrogen-bond acceptors (Lipinski definition) is 4. The van der Waals surface area contributed by atoms with Crippen LogP contribution in [0.3, 0.4) is 0 Å². The van der Waals surface area contributed by atoms with Gasteiger partial charge in [0.1, 0.15) is 5.82 Å². The summed E-state index contributed by atoms with van der Waals surface area (Å²) in [6, 6.07) is 1.71. The Morgan fingerprint density at radius 1 is 1.62 bits per heavy atom. The van der Waals surface area contributed by atoms with E-state index in [1.54, 1.807) is 6.92 Å². The van der Waals surface area contributed by atoms with Crippen molar-refractivity contribution in [2.24, 2.45) is 0 Å². The van der Waals surface area contributed by atoms with E-state index in [1.165, 1.54) is 0 Å². The van der Waals surface area contributed by atoms with Crippen molar-refractivity contribution in [3.8, 4) is 0 Å². The second kappa shape index (κ2) is 5.02. The smallest absolute Gasteiger partial charge is 0.341 e. The predicted octanol–water partition coefficient (Wildman–Crippen LogP) is 2.67. The van der Waals surface area contributed by atoms with Crippen molar-refractivity contribution in [3.05, 3.63) is 38.1 Å². The van der Waals surface area contributed by atoms with Crippen LogP contribution < -0.4 is 0 Å². The van der Waals surface area contributed by atoms with Gasteiger partial charge in [0.15, 0.2) is 0 Å². The van der Waals surface area contributed by atoms with E-state index in [0.717, 1.165) is 6.07 Å². The molecule has 0 saturated heterocycles. The highest BCUT2D eigenvalue weighted by Gasteiger charge is 2.21. The van der Waals surface area contributed by atoms with Gasteiger partial charge in [-0.15, -0.1) is 0 Å². The molecule has 5 nitrogen and oxygen atoms in total. The number of esters is 1. The van der Waals surface area contributed by atoms with Crippen LogP contribution in [0, 0.1) is 15.9 Å². The molecule has 1 rings (SSSR count). The van der Waals surface area contributed by atoms with E-state index in [1.807, 2.05) is 0 Å². The van der Waals surface area contributed by atoms with Gasteiger partial charge in [0.05, 0.1) is 27.6 Å². The van der Waals surface area contributed by atoms with E-state index in [2.05, 4.69) is 20.7 Å². The zero-order chi connectivity index (χ0) is 12.3. The zero-order valence-corrected chi connectivity index (χ0v) is 9.78. The number of nitrogens with zero attached hydrogens (tertiary/aromatic N) is 1. The Bertz CT molecular complexity index is 449. The first kappa shape index (κ1) is 12.6. The predicted molar refractivity (Wildman–Crippen MR) is 56.7 cm³/mol. The first-order valence-corrected chi connectivity index (χ1v) is 5.07. The van der Waals surface area contributed by atoms with Crippen molar-refractivity contribution in [3.63, 3.8) is 0 Å². The molecule has 0 heterocycles. The average Bonchev–Trinajstić information content (AvgIpc) is 2.20. The van der Waals surface area contributed by atoms with Crippen LogP contribution in [0.4, 0.5) is 10.1 Å². The highest BCUT2D eigenvalue weighted by molar-refractivity contribution is 9.10. The van der Waals surface area contributed by atoms with Crippen molar-refractivity contribution in [2.75, 3.05) is 6.61 Å². The Kier molecular flexibility index (Phi) is 3.94. The molecule has 1 aromatic carbocycles. The normalized spacial score (nSPS) is 9.94. The van der Waals surface area contributed by atoms with Gasteiger partial charge in [-0.2, -0.15) is 0 Å². The number of ether oxygens (including phenoxy) is 1. The lowest BCUT2D eigenvalue weighted by Crippen LogP contribution is -2.08. The van der Waals surface area contributed by atoms with E-state index in [4.69, 9.17) is 0 Å². The van der Waals surface area contributed by atoms with Crippen molar-refractivity contribution in [1.82, 2.24) is 0 Å². The van der Waals surface area contributed by atoms with Crippen molar-refractivity contribution < 1.29 is 18.8 Å². The van der Waals surface area contributed by atoms with Crippen molar-refractivity contribution in [1.29, 1.82) is 0 Å². The molecule has 0 aliphatic carbocycles. The van der Waals surface area contributed by atoms with Crippen LogP contribution >= 0.6 is 15.9 Å². The average molecular weight is 292 g/mol. The molecule has 0 unspecified atom stereocenters. The molecule has 0 aliphatic rings. The zero-order valence-electron chi connectivity index (χ0n) is 8.20. The standard InChI is InChI=1S/C9H7BrFNO4/c1-2-16-9(13)5-3-6(10)8(12(14)15)4-7(5)11/h3-4H,2H2,1H3. The molecular formula is C9H7BrFNO4. The van der Waals surface area contributed by atoms with E-state index in [-0.39, 0.29) is 16.6 Å². The quantitative estimate of drug-likeness (QED) is 0.488. The molecule has 0 aromatic heterocycles. The molecule has 0 radical (unpaired) electrons.